The van der Waals surface area contributed by atoms with Gasteiger partial charge in [0.2, 0.25) is 0 Å². The Morgan fingerprint density at radius 3 is 2.95 bits per heavy atom. The van der Waals surface area contributed by atoms with Gasteiger partial charge in [-0.05, 0) is 0 Å². The third-order valence-corrected chi connectivity index (χ3v) is 3.10. The van der Waals surface area contributed by atoms with E-state index in [1.54, 1.807) is 6.08 Å². The molecule has 2 rings (SSSR count). The minimum absolute atomic E-state index is 0.165. The maximum Gasteiger partial charge on any atom is 0.330 e. The molecule has 0 spiro atoms. The lowest BCUT2D eigenvalue weighted by atomic mass is 10.2. The number of H-pyrrole nitrogens is 1. The van der Waals surface area contributed by atoms with Gasteiger partial charge in [-0.15, -0.1) is 6.58 Å². The quantitative estimate of drug-likeness (QED) is 0.503. The molecule has 0 bridgehead atoms. The minimum atomic E-state index is -0.853. The van der Waals surface area contributed by atoms with Crippen LogP contribution in [-0.2, 0) is 4.74 Å². The van der Waals surface area contributed by atoms with Crippen LogP contribution in [0.5, 0.6) is 0 Å². The van der Waals surface area contributed by atoms with E-state index in [-0.39, 0.29) is 18.7 Å². The molecule has 8 nitrogen and oxygen atoms in total. The van der Waals surface area contributed by atoms with E-state index in [1.165, 1.54) is 10.8 Å². The zero-order valence-corrected chi connectivity index (χ0v) is 10.8. The number of hydrogen-bond acceptors (Lipinski definition) is 6. The predicted octanol–water partition coefficient (Wildman–Crippen LogP) is -1.22. The molecule has 8 heteroatoms. The number of aromatic amines is 1. The van der Waals surface area contributed by atoms with Gasteiger partial charge in [0.15, 0.2) is 0 Å². The van der Waals surface area contributed by atoms with Crippen LogP contribution in [0, 0.1) is 0 Å². The SMILES string of the molecule is C=CCNc1cn([C@H]2C[C@H](O)[C@@H](CO)O2)c(=O)[nH]c1=O. The van der Waals surface area contributed by atoms with E-state index in [9.17, 15) is 14.7 Å². The van der Waals surface area contributed by atoms with Crippen LogP contribution in [0.3, 0.4) is 0 Å². The molecule has 0 unspecified atom stereocenters. The summed E-state index contributed by atoms with van der Waals surface area (Å²) in [6, 6.07) is 0. The molecule has 1 aliphatic rings. The molecule has 110 valence electrons. The van der Waals surface area contributed by atoms with Crippen LogP contribution in [-0.4, -0.2) is 45.1 Å². The zero-order valence-electron chi connectivity index (χ0n) is 10.8. The molecule has 0 amide bonds. The second-order valence-corrected chi connectivity index (χ2v) is 4.49. The van der Waals surface area contributed by atoms with E-state index in [1.807, 2.05) is 0 Å². The largest absolute Gasteiger partial charge is 0.394 e. The van der Waals surface area contributed by atoms with Gasteiger partial charge in [0, 0.05) is 19.2 Å². The molecule has 2 heterocycles. The van der Waals surface area contributed by atoms with Crippen molar-refractivity contribution in [2.75, 3.05) is 18.5 Å². The smallest absolute Gasteiger partial charge is 0.330 e. The van der Waals surface area contributed by atoms with E-state index in [4.69, 9.17) is 9.84 Å². The third kappa shape index (κ3) is 2.82. The summed E-state index contributed by atoms with van der Waals surface area (Å²) >= 11 is 0. The lowest BCUT2D eigenvalue weighted by molar-refractivity contribution is -0.0458. The average Bonchev–Trinajstić information content (AvgIpc) is 2.79. The Morgan fingerprint density at radius 2 is 2.35 bits per heavy atom. The first-order valence-electron chi connectivity index (χ1n) is 6.21. The van der Waals surface area contributed by atoms with Crippen molar-refractivity contribution < 1.29 is 14.9 Å². The van der Waals surface area contributed by atoms with Crippen molar-refractivity contribution in [3.8, 4) is 0 Å². The number of rotatable bonds is 5. The van der Waals surface area contributed by atoms with Gasteiger partial charge >= 0.3 is 5.69 Å². The van der Waals surface area contributed by atoms with Gasteiger partial charge in [-0.25, -0.2) is 4.79 Å². The van der Waals surface area contributed by atoms with Gasteiger partial charge in [-0.2, -0.15) is 0 Å². The molecule has 1 fully saturated rings. The van der Waals surface area contributed by atoms with Gasteiger partial charge < -0.3 is 20.3 Å². The maximum atomic E-state index is 11.8. The molecule has 0 aromatic carbocycles. The number of aliphatic hydroxyl groups is 2. The molecule has 1 aromatic rings. The highest BCUT2D eigenvalue weighted by molar-refractivity contribution is 5.38. The summed E-state index contributed by atoms with van der Waals surface area (Å²) in [6.07, 6.45) is 0.763. The summed E-state index contributed by atoms with van der Waals surface area (Å²) in [7, 11) is 0. The Balaban J connectivity index is 2.30. The minimum Gasteiger partial charge on any atom is -0.394 e. The molecule has 1 saturated heterocycles. The standard InChI is InChI=1S/C12H17N3O5/c1-2-3-13-7-5-15(12(19)14-11(7)18)10-4-8(17)9(6-16)20-10/h2,5,8-10,13,16-17H,1,3-4,6H2,(H,14,18,19)/t8-,9+,10+/m0/s1. The number of anilines is 1. The van der Waals surface area contributed by atoms with Gasteiger partial charge in [0.25, 0.3) is 5.56 Å². The van der Waals surface area contributed by atoms with Crippen molar-refractivity contribution in [3.05, 3.63) is 39.7 Å². The second-order valence-electron chi connectivity index (χ2n) is 4.49. The fraction of sp³-hybridized carbons (Fsp3) is 0.500. The van der Waals surface area contributed by atoms with E-state index < -0.39 is 29.7 Å². The Hall–Kier alpha value is -1.90. The number of nitrogens with one attached hydrogen (secondary N) is 2. The first kappa shape index (κ1) is 14.5. The highest BCUT2D eigenvalue weighted by atomic mass is 16.5. The molecule has 4 N–H and O–H groups in total. The summed E-state index contributed by atoms with van der Waals surface area (Å²) in [5.41, 5.74) is -0.963. The van der Waals surface area contributed by atoms with Crippen LogP contribution in [0.4, 0.5) is 5.69 Å². The van der Waals surface area contributed by atoms with E-state index >= 15 is 0 Å². The first-order valence-corrected chi connectivity index (χ1v) is 6.21. The van der Waals surface area contributed by atoms with Gasteiger partial charge in [0.1, 0.15) is 18.0 Å². The molecule has 20 heavy (non-hydrogen) atoms. The van der Waals surface area contributed by atoms with Crippen molar-refractivity contribution in [1.29, 1.82) is 0 Å². The number of hydrogen-bond donors (Lipinski definition) is 4. The van der Waals surface area contributed by atoms with E-state index in [2.05, 4.69) is 16.9 Å². The van der Waals surface area contributed by atoms with Crippen molar-refractivity contribution in [2.24, 2.45) is 0 Å². The third-order valence-electron chi connectivity index (χ3n) is 3.10. The van der Waals surface area contributed by atoms with Crippen LogP contribution in [0.1, 0.15) is 12.6 Å². The highest BCUT2D eigenvalue weighted by Crippen LogP contribution is 2.27. The number of nitrogens with zero attached hydrogens (tertiary/aromatic N) is 1. The Morgan fingerprint density at radius 1 is 1.60 bits per heavy atom. The van der Waals surface area contributed by atoms with Crippen LogP contribution >= 0.6 is 0 Å². The number of aromatic nitrogens is 2. The fourth-order valence-electron chi connectivity index (χ4n) is 2.06. The monoisotopic (exact) mass is 283 g/mol. The number of ether oxygens (including phenoxy) is 1. The average molecular weight is 283 g/mol. The van der Waals surface area contributed by atoms with Crippen molar-refractivity contribution in [3.63, 3.8) is 0 Å². The summed E-state index contributed by atoms with van der Waals surface area (Å²) in [6.45, 7) is 3.56. The molecule has 3 atom stereocenters. The number of aliphatic hydroxyl groups excluding tert-OH is 2. The normalized spacial score (nSPS) is 25.6. The summed E-state index contributed by atoms with van der Waals surface area (Å²) < 4.78 is 6.57. The fourth-order valence-corrected chi connectivity index (χ4v) is 2.06. The predicted molar refractivity (Wildman–Crippen MR) is 71.6 cm³/mol. The van der Waals surface area contributed by atoms with Crippen LogP contribution in [0.15, 0.2) is 28.4 Å². The lowest BCUT2D eigenvalue weighted by Crippen LogP contribution is -2.33. The second kappa shape index (κ2) is 6.04. The van der Waals surface area contributed by atoms with Crippen LogP contribution < -0.4 is 16.6 Å². The zero-order chi connectivity index (χ0) is 14.7. The maximum absolute atomic E-state index is 11.8. The molecular weight excluding hydrogens is 266 g/mol. The Kier molecular flexibility index (Phi) is 4.38. The van der Waals surface area contributed by atoms with E-state index in [0.29, 0.717) is 6.54 Å². The first-order chi connectivity index (χ1) is 9.56. The molecule has 0 aliphatic carbocycles. The topological polar surface area (TPSA) is 117 Å². The van der Waals surface area contributed by atoms with Crippen LogP contribution in [0.25, 0.3) is 0 Å². The summed E-state index contributed by atoms with van der Waals surface area (Å²) in [5.74, 6) is 0. The molecule has 1 aliphatic heterocycles. The summed E-state index contributed by atoms with van der Waals surface area (Å²) in [5, 5.41) is 21.5. The summed E-state index contributed by atoms with van der Waals surface area (Å²) in [4.78, 5) is 25.6. The van der Waals surface area contributed by atoms with Crippen molar-refractivity contribution in [2.45, 2.75) is 24.9 Å². The van der Waals surface area contributed by atoms with Gasteiger partial charge in [-0.3, -0.25) is 14.3 Å². The molecular formula is C12H17N3O5. The Bertz CT molecular complexity index is 593. The molecule has 1 aromatic heterocycles. The Labute approximate surface area is 114 Å². The highest BCUT2D eigenvalue weighted by Gasteiger charge is 2.35. The lowest BCUT2D eigenvalue weighted by Gasteiger charge is -2.15. The van der Waals surface area contributed by atoms with Crippen molar-refractivity contribution >= 4 is 5.69 Å². The molecule has 0 saturated carbocycles. The van der Waals surface area contributed by atoms with Gasteiger partial charge in [0.05, 0.1) is 12.7 Å². The van der Waals surface area contributed by atoms with Crippen molar-refractivity contribution in [1.82, 2.24) is 9.55 Å². The van der Waals surface area contributed by atoms with Crippen LogP contribution in [0.2, 0.25) is 0 Å². The van der Waals surface area contributed by atoms with Gasteiger partial charge in [-0.1, -0.05) is 6.08 Å². The van der Waals surface area contributed by atoms with E-state index in [0.717, 1.165) is 0 Å². The molecule has 0 radical (unpaired) electrons.